The summed E-state index contributed by atoms with van der Waals surface area (Å²) >= 11 is 0. The van der Waals surface area contributed by atoms with Crippen LogP contribution in [-0.2, 0) is 23.0 Å². The Morgan fingerprint density at radius 3 is 2.90 bits per heavy atom. The molecular formula is C13H13N3O3S. The van der Waals surface area contributed by atoms with Crippen molar-refractivity contribution in [2.45, 2.75) is 24.8 Å². The second kappa shape index (κ2) is 4.75. The SMILES string of the molecule is CCc1cnc(CN=C2NS(=O)(=O)c3ccccc32)o1. The molecule has 1 aliphatic rings. The number of nitrogens with zero attached hydrogens (tertiary/aromatic N) is 2. The number of rotatable bonds is 3. The largest absolute Gasteiger partial charge is 0.444 e. The first-order chi connectivity index (χ1) is 9.60. The fraction of sp³-hybridized carbons (Fsp3) is 0.231. The van der Waals surface area contributed by atoms with Crippen molar-refractivity contribution in [1.82, 2.24) is 9.71 Å². The van der Waals surface area contributed by atoms with Gasteiger partial charge in [0.2, 0.25) is 5.89 Å². The number of nitrogens with one attached hydrogen (secondary N) is 1. The van der Waals surface area contributed by atoms with Crippen LogP contribution >= 0.6 is 0 Å². The summed E-state index contributed by atoms with van der Waals surface area (Å²) in [6.07, 6.45) is 2.42. The number of aryl methyl sites for hydroxylation is 1. The average Bonchev–Trinajstić information content (AvgIpc) is 3.00. The second-order valence-electron chi connectivity index (χ2n) is 4.34. The number of aliphatic imine (C=N–C) groups is 1. The molecule has 0 unspecified atom stereocenters. The summed E-state index contributed by atoms with van der Waals surface area (Å²) in [5, 5.41) is 0. The summed E-state index contributed by atoms with van der Waals surface area (Å²) in [6.45, 7) is 2.17. The van der Waals surface area contributed by atoms with Crippen LogP contribution in [-0.4, -0.2) is 19.2 Å². The van der Waals surface area contributed by atoms with E-state index in [1.165, 1.54) is 0 Å². The lowest BCUT2D eigenvalue weighted by Crippen LogP contribution is -2.22. The van der Waals surface area contributed by atoms with Gasteiger partial charge in [0.25, 0.3) is 10.0 Å². The van der Waals surface area contributed by atoms with E-state index >= 15 is 0 Å². The lowest BCUT2D eigenvalue weighted by molar-refractivity contribution is 0.461. The van der Waals surface area contributed by atoms with Gasteiger partial charge in [-0.2, -0.15) is 0 Å². The summed E-state index contributed by atoms with van der Waals surface area (Å²) in [5.74, 6) is 1.59. The average molecular weight is 291 g/mol. The first-order valence-corrected chi connectivity index (χ1v) is 7.68. The van der Waals surface area contributed by atoms with E-state index in [0.29, 0.717) is 17.3 Å². The minimum absolute atomic E-state index is 0.201. The topological polar surface area (TPSA) is 84.6 Å². The van der Waals surface area contributed by atoms with E-state index in [2.05, 4.69) is 14.7 Å². The Kier molecular flexibility index (Phi) is 3.06. The van der Waals surface area contributed by atoms with Gasteiger partial charge in [-0.15, -0.1) is 0 Å². The van der Waals surface area contributed by atoms with Crippen molar-refractivity contribution in [1.29, 1.82) is 0 Å². The molecule has 1 aromatic carbocycles. The highest BCUT2D eigenvalue weighted by atomic mass is 32.2. The van der Waals surface area contributed by atoms with Gasteiger partial charge in [0, 0.05) is 12.0 Å². The Balaban J connectivity index is 1.90. The van der Waals surface area contributed by atoms with Crippen molar-refractivity contribution in [3.8, 4) is 0 Å². The van der Waals surface area contributed by atoms with Crippen LogP contribution in [0.3, 0.4) is 0 Å². The molecule has 3 rings (SSSR count). The van der Waals surface area contributed by atoms with Gasteiger partial charge in [-0.25, -0.2) is 13.4 Å². The van der Waals surface area contributed by atoms with Crippen LogP contribution in [0.25, 0.3) is 0 Å². The predicted molar refractivity (Wildman–Crippen MR) is 72.9 cm³/mol. The molecule has 0 fully saturated rings. The van der Waals surface area contributed by atoms with Crippen LogP contribution in [0.15, 0.2) is 44.8 Å². The van der Waals surface area contributed by atoms with Crippen molar-refractivity contribution in [3.63, 3.8) is 0 Å². The molecule has 0 amide bonds. The van der Waals surface area contributed by atoms with Crippen LogP contribution < -0.4 is 4.72 Å². The number of sulfonamides is 1. The highest BCUT2D eigenvalue weighted by molar-refractivity contribution is 7.90. The van der Waals surface area contributed by atoms with Crippen LogP contribution in [0, 0.1) is 0 Å². The number of fused-ring (bicyclic) bond motifs is 1. The predicted octanol–water partition coefficient (Wildman–Crippen LogP) is 1.48. The Labute approximate surface area is 116 Å². The molecule has 104 valence electrons. The molecule has 0 spiro atoms. The number of hydrogen-bond acceptors (Lipinski definition) is 5. The summed E-state index contributed by atoms with van der Waals surface area (Å²) in [7, 11) is -3.49. The van der Waals surface area contributed by atoms with Gasteiger partial charge in [-0.1, -0.05) is 19.1 Å². The van der Waals surface area contributed by atoms with Crippen molar-refractivity contribution >= 4 is 15.9 Å². The summed E-state index contributed by atoms with van der Waals surface area (Å²) < 4.78 is 31.7. The molecule has 1 N–H and O–H groups in total. The molecule has 0 radical (unpaired) electrons. The van der Waals surface area contributed by atoms with E-state index in [0.717, 1.165) is 12.2 Å². The third kappa shape index (κ3) is 2.20. The normalized spacial score (nSPS) is 17.9. The van der Waals surface area contributed by atoms with Gasteiger partial charge in [-0.05, 0) is 12.1 Å². The lowest BCUT2D eigenvalue weighted by Gasteiger charge is -1.97. The lowest BCUT2D eigenvalue weighted by atomic mass is 10.2. The van der Waals surface area contributed by atoms with Gasteiger partial charge < -0.3 is 4.42 Å². The Hall–Kier alpha value is -2.15. The highest BCUT2D eigenvalue weighted by Gasteiger charge is 2.30. The smallest absolute Gasteiger partial charge is 0.263 e. The zero-order chi connectivity index (χ0) is 14.2. The van der Waals surface area contributed by atoms with Crippen LogP contribution in [0.5, 0.6) is 0 Å². The number of aromatic nitrogens is 1. The van der Waals surface area contributed by atoms with Crippen molar-refractivity contribution in [2.75, 3.05) is 0 Å². The van der Waals surface area contributed by atoms with Crippen molar-refractivity contribution in [3.05, 3.63) is 47.7 Å². The molecule has 1 aromatic heterocycles. The van der Waals surface area contributed by atoms with Crippen LogP contribution in [0.1, 0.15) is 24.1 Å². The maximum absolute atomic E-state index is 11.9. The highest BCUT2D eigenvalue weighted by Crippen LogP contribution is 2.22. The van der Waals surface area contributed by atoms with Gasteiger partial charge in [0.15, 0.2) is 0 Å². The molecule has 0 saturated carbocycles. The molecule has 7 heteroatoms. The molecule has 2 aromatic rings. The zero-order valence-corrected chi connectivity index (χ0v) is 11.6. The van der Waals surface area contributed by atoms with E-state index in [-0.39, 0.29) is 11.4 Å². The quantitative estimate of drug-likeness (QED) is 0.928. The standard InChI is InChI=1S/C13H13N3O3S/c1-2-9-7-14-12(19-9)8-15-13-10-5-3-4-6-11(10)20(17,18)16-13/h3-7H,2,8H2,1H3,(H,15,16). The number of hydrogen-bond donors (Lipinski definition) is 1. The van der Waals surface area contributed by atoms with Gasteiger partial charge in [0.1, 0.15) is 18.1 Å². The molecule has 0 aliphatic carbocycles. The number of benzene rings is 1. The van der Waals surface area contributed by atoms with Crippen molar-refractivity contribution < 1.29 is 12.8 Å². The molecule has 2 heterocycles. The molecule has 0 saturated heterocycles. The molecule has 0 atom stereocenters. The Morgan fingerprint density at radius 2 is 2.15 bits per heavy atom. The Morgan fingerprint density at radius 1 is 1.35 bits per heavy atom. The zero-order valence-electron chi connectivity index (χ0n) is 10.8. The first kappa shape index (κ1) is 12.9. The van der Waals surface area contributed by atoms with E-state index in [9.17, 15) is 8.42 Å². The van der Waals surface area contributed by atoms with E-state index in [1.807, 2.05) is 6.92 Å². The van der Waals surface area contributed by atoms with Gasteiger partial charge >= 0.3 is 0 Å². The summed E-state index contributed by atoms with van der Waals surface area (Å²) in [4.78, 5) is 8.59. The third-order valence-corrected chi connectivity index (χ3v) is 4.38. The second-order valence-corrected chi connectivity index (χ2v) is 5.99. The minimum atomic E-state index is -3.49. The first-order valence-electron chi connectivity index (χ1n) is 6.20. The van der Waals surface area contributed by atoms with Gasteiger partial charge in [-0.3, -0.25) is 9.71 Å². The van der Waals surface area contributed by atoms with Crippen LogP contribution in [0.2, 0.25) is 0 Å². The fourth-order valence-electron chi connectivity index (χ4n) is 1.98. The van der Waals surface area contributed by atoms with E-state index in [1.54, 1.807) is 30.5 Å². The van der Waals surface area contributed by atoms with Crippen LogP contribution in [0.4, 0.5) is 0 Å². The van der Waals surface area contributed by atoms with Gasteiger partial charge in [0.05, 0.1) is 11.1 Å². The molecule has 20 heavy (non-hydrogen) atoms. The molecule has 0 bridgehead atoms. The maximum atomic E-state index is 11.9. The third-order valence-electron chi connectivity index (χ3n) is 2.99. The van der Waals surface area contributed by atoms with Crippen molar-refractivity contribution in [2.24, 2.45) is 4.99 Å². The molecular weight excluding hydrogens is 278 g/mol. The monoisotopic (exact) mass is 291 g/mol. The summed E-state index contributed by atoms with van der Waals surface area (Å²) in [6, 6.07) is 6.74. The summed E-state index contributed by atoms with van der Waals surface area (Å²) in [5.41, 5.74) is 0.578. The number of oxazole rings is 1. The van der Waals surface area contributed by atoms with E-state index in [4.69, 9.17) is 4.42 Å². The fourth-order valence-corrected chi connectivity index (χ4v) is 3.23. The van der Waals surface area contributed by atoms with E-state index < -0.39 is 10.0 Å². The Bertz CT molecular complexity index is 778. The molecule has 1 aliphatic heterocycles. The maximum Gasteiger partial charge on any atom is 0.263 e. The molecule has 6 nitrogen and oxygen atoms in total. The minimum Gasteiger partial charge on any atom is -0.444 e. The number of amidine groups is 1.